The van der Waals surface area contributed by atoms with Crippen molar-refractivity contribution in [2.75, 3.05) is 34.4 Å². The smallest absolute Gasteiger partial charge is 0.227 e. The molecule has 1 saturated heterocycles. The first-order chi connectivity index (χ1) is 17.9. The molecule has 7 nitrogen and oxygen atoms in total. The highest BCUT2D eigenvalue weighted by atomic mass is 19.1. The molecule has 0 bridgehead atoms. The van der Waals surface area contributed by atoms with Crippen LogP contribution in [0, 0.1) is 11.7 Å². The lowest BCUT2D eigenvalue weighted by molar-refractivity contribution is -0.130. The summed E-state index contributed by atoms with van der Waals surface area (Å²) < 4.78 is 29.8. The van der Waals surface area contributed by atoms with Gasteiger partial charge in [0.2, 0.25) is 17.6 Å². The second-order valence-corrected chi connectivity index (χ2v) is 8.98. The lowest BCUT2D eigenvalue weighted by atomic mass is 9.87. The first-order valence-electron chi connectivity index (χ1n) is 12.1. The van der Waals surface area contributed by atoms with E-state index in [1.807, 2.05) is 42.5 Å². The van der Waals surface area contributed by atoms with Crippen molar-refractivity contribution in [3.8, 4) is 17.2 Å². The Kier molecular flexibility index (Phi) is 8.28. The van der Waals surface area contributed by atoms with Crippen LogP contribution in [0.2, 0.25) is 0 Å². The van der Waals surface area contributed by atoms with E-state index < -0.39 is 5.92 Å². The molecule has 0 saturated carbocycles. The molecule has 194 valence electrons. The van der Waals surface area contributed by atoms with Crippen molar-refractivity contribution < 1.29 is 28.2 Å². The van der Waals surface area contributed by atoms with Crippen molar-refractivity contribution in [1.29, 1.82) is 0 Å². The van der Waals surface area contributed by atoms with E-state index >= 15 is 0 Å². The zero-order valence-corrected chi connectivity index (χ0v) is 21.2. The number of hydrogen-bond acceptors (Lipinski definition) is 5. The van der Waals surface area contributed by atoms with E-state index in [4.69, 9.17) is 14.2 Å². The van der Waals surface area contributed by atoms with E-state index in [0.29, 0.717) is 23.8 Å². The maximum Gasteiger partial charge on any atom is 0.227 e. The lowest BCUT2D eigenvalue weighted by Crippen LogP contribution is -2.35. The van der Waals surface area contributed by atoms with Crippen molar-refractivity contribution in [3.63, 3.8) is 0 Å². The molecule has 1 aliphatic heterocycles. The van der Waals surface area contributed by atoms with Gasteiger partial charge in [0.15, 0.2) is 11.5 Å². The summed E-state index contributed by atoms with van der Waals surface area (Å²) in [5, 5.41) is 2.96. The van der Waals surface area contributed by atoms with Crippen LogP contribution in [0.1, 0.15) is 22.6 Å². The second kappa shape index (κ2) is 11.8. The number of nitrogens with one attached hydrogen (secondary N) is 1. The Morgan fingerprint density at radius 3 is 2.14 bits per heavy atom. The van der Waals surface area contributed by atoms with Crippen molar-refractivity contribution in [2.45, 2.75) is 18.9 Å². The zero-order chi connectivity index (χ0) is 26.4. The van der Waals surface area contributed by atoms with Gasteiger partial charge in [-0.05, 0) is 41.0 Å². The third kappa shape index (κ3) is 6.02. The van der Waals surface area contributed by atoms with Gasteiger partial charge in [0, 0.05) is 25.6 Å². The van der Waals surface area contributed by atoms with Crippen LogP contribution in [0.25, 0.3) is 0 Å². The highest BCUT2D eigenvalue weighted by molar-refractivity contribution is 5.84. The Hall–Kier alpha value is -4.07. The molecule has 8 heteroatoms. The molecule has 2 amide bonds. The third-order valence-electron chi connectivity index (χ3n) is 6.70. The van der Waals surface area contributed by atoms with E-state index in [0.717, 1.165) is 16.7 Å². The highest BCUT2D eigenvalue weighted by Gasteiger charge is 2.41. The van der Waals surface area contributed by atoms with E-state index in [2.05, 4.69) is 5.32 Å². The van der Waals surface area contributed by atoms with Crippen LogP contribution in [0.4, 0.5) is 4.39 Å². The molecule has 0 spiro atoms. The zero-order valence-electron chi connectivity index (χ0n) is 21.2. The summed E-state index contributed by atoms with van der Waals surface area (Å²) in [6.07, 6.45) is 0.257. The Labute approximate surface area is 216 Å². The highest BCUT2D eigenvalue weighted by Crippen LogP contribution is 2.43. The molecule has 1 heterocycles. The molecule has 2 atom stereocenters. The van der Waals surface area contributed by atoms with E-state index in [-0.39, 0.29) is 43.1 Å². The standard InChI is InChI=1S/C29H31FN2O5/c1-35-25-14-21(15-26(36-2)28(25)37-3)23-17-32(27(33)13-19-7-5-4-6-8-19)18-24(23)29(34)31-16-20-9-11-22(30)12-10-20/h4-12,14-15,23-24H,13,16-18H2,1-3H3,(H,31,34). The number of benzene rings is 3. The summed E-state index contributed by atoms with van der Waals surface area (Å²) in [4.78, 5) is 28.4. The first kappa shape index (κ1) is 26.0. The van der Waals surface area contributed by atoms with Crippen LogP contribution < -0.4 is 19.5 Å². The van der Waals surface area contributed by atoms with Crippen LogP contribution in [0.5, 0.6) is 17.2 Å². The topological polar surface area (TPSA) is 77.1 Å². The SMILES string of the molecule is COc1cc(C2CN(C(=O)Cc3ccccc3)CC2C(=O)NCc2ccc(F)cc2)cc(OC)c1OC. The molecule has 3 aromatic rings. The fourth-order valence-corrected chi connectivity index (χ4v) is 4.73. The van der Waals surface area contributed by atoms with Crippen molar-refractivity contribution in [2.24, 2.45) is 5.92 Å². The first-order valence-corrected chi connectivity index (χ1v) is 12.1. The number of halogens is 1. The Morgan fingerprint density at radius 1 is 0.892 bits per heavy atom. The van der Waals surface area contributed by atoms with E-state index in [1.54, 1.807) is 17.0 Å². The number of rotatable bonds is 9. The maximum atomic E-state index is 13.4. The average molecular weight is 507 g/mol. The number of likely N-dealkylation sites (tertiary alicyclic amines) is 1. The molecular weight excluding hydrogens is 475 g/mol. The fourth-order valence-electron chi connectivity index (χ4n) is 4.73. The van der Waals surface area contributed by atoms with Gasteiger partial charge in [-0.1, -0.05) is 42.5 Å². The molecule has 3 aromatic carbocycles. The molecule has 2 unspecified atom stereocenters. The number of carbonyl (C=O) groups is 2. The van der Waals surface area contributed by atoms with Gasteiger partial charge in [-0.15, -0.1) is 0 Å². The van der Waals surface area contributed by atoms with E-state index in [1.165, 1.54) is 33.5 Å². The van der Waals surface area contributed by atoms with Crippen LogP contribution in [0.15, 0.2) is 66.7 Å². The maximum absolute atomic E-state index is 13.4. The van der Waals surface area contributed by atoms with Crippen LogP contribution in [0.3, 0.4) is 0 Å². The predicted octanol–water partition coefficient (Wildman–Crippen LogP) is 3.95. The minimum absolute atomic E-state index is 0.0440. The molecule has 1 aliphatic rings. The summed E-state index contributed by atoms with van der Waals surface area (Å²) in [6, 6.07) is 19.2. The number of hydrogen-bond donors (Lipinski definition) is 1. The summed E-state index contributed by atoms with van der Waals surface area (Å²) in [6.45, 7) is 0.913. The van der Waals surface area contributed by atoms with Crippen LogP contribution in [-0.2, 0) is 22.6 Å². The van der Waals surface area contributed by atoms with Crippen molar-refractivity contribution >= 4 is 11.8 Å². The third-order valence-corrected chi connectivity index (χ3v) is 6.70. The predicted molar refractivity (Wildman–Crippen MR) is 137 cm³/mol. The summed E-state index contributed by atoms with van der Waals surface area (Å²) in [5.74, 6) is 0.0786. The van der Waals surface area contributed by atoms with Gasteiger partial charge < -0.3 is 24.4 Å². The largest absolute Gasteiger partial charge is 0.493 e. The van der Waals surface area contributed by atoms with Crippen LogP contribution >= 0.6 is 0 Å². The second-order valence-electron chi connectivity index (χ2n) is 8.98. The molecule has 37 heavy (non-hydrogen) atoms. The van der Waals surface area contributed by atoms with Gasteiger partial charge >= 0.3 is 0 Å². The average Bonchev–Trinajstić information content (AvgIpc) is 3.38. The summed E-state index contributed by atoms with van der Waals surface area (Å²) >= 11 is 0. The van der Waals surface area contributed by atoms with Gasteiger partial charge in [-0.25, -0.2) is 4.39 Å². The quantitative estimate of drug-likeness (QED) is 0.476. The number of amides is 2. The monoisotopic (exact) mass is 506 g/mol. The Balaban J connectivity index is 1.60. The minimum Gasteiger partial charge on any atom is -0.493 e. The van der Waals surface area contributed by atoms with Gasteiger partial charge in [-0.2, -0.15) is 0 Å². The molecular formula is C29H31FN2O5. The van der Waals surface area contributed by atoms with Gasteiger partial charge in [0.05, 0.1) is 33.7 Å². The number of methoxy groups -OCH3 is 3. The summed E-state index contributed by atoms with van der Waals surface area (Å²) in [7, 11) is 4.61. The Bertz CT molecular complexity index is 1210. The van der Waals surface area contributed by atoms with Crippen LogP contribution in [-0.4, -0.2) is 51.1 Å². The molecule has 4 rings (SSSR count). The lowest BCUT2D eigenvalue weighted by Gasteiger charge is -2.21. The normalized spacial score (nSPS) is 16.8. The number of carbonyl (C=O) groups excluding carboxylic acids is 2. The summed E-state index contributed by atoms with van der Waals surface area (Å²) in [5.41, 5.74) is 2.52. The molecule has 0 aliphatic carbocycles. The van der Waals surface area contributed by atoms with E-state index in [9.17, 15) is 14.0 Å². The number of ether oxygens (including phenoxy) is 3. The van der Waals surface area contributed by atoms with Crippen molar-refractivity contribution in [3.05, 3.63) is 89.2 Å². The van der Waals surface area contributed by atoms with Crippen molar-refractivity contribution in [1.82, 2.24) is 10.2 Å². The molecule has 1 fully saturated rings. The molecule has 0 aromatic heterocycles. The number of nitrogens with zero attached hydrogens (tertiary/aromatic N) is 1. The molecule has 1 N–H and O–H groups in total. The molecule has 0 radical (unpaired) electrons. The Morgan fingerprint density at radius 2 is 1.54 bits per heavy atom. The van der Waals surface area contributed by atoms with Gasteiger partial charge in [0.25, 0.3) is 0 Å². The van der Waals surface area contributed by atoms with Gasteiger partial charge in [-0.3, -0.25) is 9.59 Å². The van der Waals surface area contributed by atoms with Gasteiger partial charge in [0.1, 0.15) is 5.82 Å². The fraction of sp³-hybridized carbons (Fsp3) is 0.310. The minimum atomic E-state index is -0.497.